The first kappa shape index (κ1) is 10.2. The van der Waals surface area contributed by atoms with Crippen molar-refractivity contribution in [3.8, 4) is 5.75 Å². The molecule has 0 aliphatic carbocycles. The van der Waals surface area contributed by atoms with E-state index >= 15 is 0 Å². The minimum Gasteiger partial charge on any atom is -0.491 e. The zero-order chi connectivity index (χ0) is 9.84. The van der Waals surface area contributed by atoms with Crippen molar-refractivity contribution in [2.24, 2.45) is 5.92 Å². The molecule has 0 fully saturated rings. The average molecular weight is 200 g/mol. The molecule has 1 aromatic carbocycles. The molecule has 0 unspecified atom stereocenters. The van der Waals surface area contributed by atoms with Crippen molar-refractivity contribution in [3.05, 3.63) is 23.2 Å². The van der Waals surface area contributed by atoms with Crippen molar-refractivity contribution in [2.45, 2.75) is 13.8 Å². The Morgan fingerprint density at radius 3 is 2.77 bits per heavy atom. The second-order valence-electron chi connectivity index (χ2n) is 3.39. The van der Waals surface area contributed by atoms with E-state index in [-0.39, 0.29) is 0 Å². The molecule has 0 bridgehead atoms. The molecule has 1 aromatic rings. The van der Waals surface area contributed by atoms with Gasteiger partial charge in [-0.3, -0.25) is 0 Å². The Labute approximate surface area is 83.6 Å². The van der Waals surface area contributed by atoms with Crippen LogP contribution >= 0.6 is 11.6 Å². The summed E-state index contributed by atoms with van der Waals surface area (Å²) in [5, 5.41) is 0.646. The summed E-state index contributed by atoms with van der Waals surface area (Å²) in [6, 6.07) is 5.23. The minimum absolute atomic E-state index is 0.485. The van der Waals surface area contributed by atoms with E-state index in [1.807, 2.05) is 0 Å². The van der Waals surface area contributed by atoms with Crippen LogP contribution in [-0.4, -0.2) is 6.61 Å². The highest BCUT2D eigenvalue weighted by Gasteiger charge is 2.02. The molecule has 0 radical (unpaired) electrons. The molecule has 0 spiro atoms. The maximum atomic E-state index is 5.80. The Hall–Kier alpha value is -0.890. The summed E-state index contributed by atoms with van der Waals surface area (Å²) in [6.07, 6.45) is 0. The van der Waals surface area contributed by atoms with Crippen LogP contribution in [-0.2, 0) is 0 Å². The third-order valence-corrected chi connectivity index (χ3v) is 1.78. The van der Waals surface area contributed by atoms with Crippen molar-refractivity contribution in [1.82, 2.24) is 0 Å². The van der Waals surface area contributed by atoms with Gasteiger partial charge in [0.05, 0.1) is 12.3 Å². The largest absolute Gasteiger partial charge is 0.491 e. The van der Waals surface area contributed by atoms with Gasteiger partial charge in [0.1, 0.15) is 5.75 Å². The van der Waals surface area contributed by atoms with Gasteiger partial charge in [-0.1, -0.05) is 25.4 Å². The number of hydrogen-bond acceptors (Lipinski definition) is 2. The molecule has 0 amide bonds. The molecule has 0 atom stereocenters. The molecule has 3 heteroatoms. The summed E-state index contributed by atoms with van der Waals surface area (Å²) in [6.45, 7) is 4.83. The lowest BCUT2D eigenvalue weighted by atomic mass is 10.2. The van der Waals surface area contributed by atoms with Crippen LogP contribution in [0.4, 0.5) is 5.69 Å². The Morgan fingerprint density at radius 1 is 1.46 bits per heavy atom. The maximum Gasteiger partial charge on any atom is 0.143 e. The molecule has 0 aliphatic heterocycles. The fraction of sp³-hybridized carbons (Fsp3) is 0.400. The minimum atomic E-state index is 0.485. The molecular weight excluding hydrogens is 186 g/mol. The third kappa shape index (κ3) is 3.15. The van der Waals surface area contributed by atoms with Gasteiger partial charge in [-0.2, -0.15) is 0 Å². The highest BCUT2D eigenvalue weighted by Crippen LogP contribution is 2.25. The van der Waals surface area contributed by atoms with Crippen molar-refractivity contribution < 1.29 is 4.74 Å². The number of nitrogens with two attached hydrogens (primary N) is 1. The summed E-state index contributed by atoms with van der Waals surface area (Å²) in [5.74, 6) is 1.15. The van der Waals surface area contributed by atoms with Crippen molar-refractivity contribution >= 4 is 17.3 Å². The van der Waals surface area contributed by atoms with E-state index in [2.05, 4.69) is 13.8 Å². The van der Waals surface area contributed by atoms with Gasteiger partial charge in [0.2, 0.25) is 0 Å². The summed E-state index contributed by atoms with van der Waals surface area (Å²) >= 11 is 5.80. The van der Waals surface area contributed by atoms with Crippen LogP contribution in [0.25, 0.3) is 0 Å². The Morgan fingerprint density at radius 2 is 2.15 bits per heavy atom. The van der Waals surface area contributed by atoms with E-state index in [9.17, 15) is 0 Å². The fourth-order valence-electron chi connectivity index (χ4n) is 0.890. The number of rotatable bonds is 3. The van der Waals surface area contributed by atoms with Gasteiger partial charge in [-0.25, -0.2) is 0 Å². The lowest BCUT2D eigenvalue weighted by molar-refractivity contribution is 0.272. The van der Waals surface area contributed by atoms with Crippen molar-refractivity contribution in [3.63, 3.8) is 0 Å². The summed E-state index contributed by atoms with van der Waals surface area (Å²) in [5.41, 5.74) is 6.32. The van der Waals surface area contributed by atoms with Crippen LogP contribution < -0.4 is 10.5 Å². The van der Waals surface area contributed by atoms with Crippen LogP contribution in [0.1, 0.15) is 13.8 Å². The Bertz CT molecular complexity index is 286. The second-order valence-corrected chi connectivity index (χ2v) is 3.82. The van der Waals surface area contributed by atoms with E-state index < -0.39 is 0 Å². The number of halogens is 1. The first-order valence-electron chi connectivity index (χ1n) is 4.27. The number of ether oxygens (including phenoxy) is 1. The smallest absolute Gasteiger partial charge is 0.143 e. The van der Waals surface area contributed by atoms with E-state index in [4.69, 9.17) is 22.1 Å². The Kier molecular flexibility index (Phi) is 3.43. The maximum absolute atomic E-state index is 5.80. The molecule has 1 rings (SSSR count). The Balaban J connectivity index is 2.70. The van der Waals surface area contributed by atoms with Crippen LogP contribution in [0, 0.1) is 5.92 Å². The first-order valence-corrected chi connectivity index (χ1v) is 4.65. The average Bonchev–Trinajstić information content (AvgIpc) is 2.06. The number of benzene rings is 1. The predicted octanol–water partition coefficient (Wildman–Crippen LogP) is 2.96. The van der Waals surface area contributed by atoms with E-state index in [0.717, 1.165) is 0 Å². The summed E-state index contributed by atoms with van der Waals surface area (Å²) in [7, 11) is 0. The molecule has 72 valence electrons. The predicted molar refractivity (Wildman–Crippen MR) is 56.2 cm³/mol. The lowest BCUT2D eigenvalue weighted by Crippen LogP contribution is -2.05. The van der Waals surface area contributed by atoms with Gasteiger partial charge in [-0.15, -0.1) is 0 Å². The number of nitrogen functional groups attached to an aromatic ring is 1. The van der Waals surface area contributed by atoms with Crippen LogP contribution in [0.3, 0.4) is 0 Å². The van der Waals surface area contributed by atoms with E-state index in [1.165, 1.54) is 0 Å². The van der Waals surface area contributed by atoms with E-state index in [1.54, 1.807) is 18.2 Å². The van der Waals surface area contributed by atoms with Crippen molar-refractivity contribution in [2.75, 3.05) is 12.3 Å². The topological polar surface area (TPSA) is 35.2 Å². The molecular formula is C10H14ClNO. The normalized spacial score (nSPS) is 10.5. The monoisotopic (exact) mass is 199 g/mol. The number of hydrogen-bond donors (Lipinski definition) is 1. The second kappa shape index (κ2) is 4.38. The summed E-state index contributed by atoms with van der Waals surface area (Å²) < 4.78 is 5.47. The van der Waals surface area contributed by atoms with Gasteiger partial charge in [0.25, 0.3) is 0 Å². The van der Waals surface area contributed by atoms with Crippen LogP contribution in [0.15, 0.2) is 18.2 Å². The highest BCUT2D eigenvalue weighted by atomic mass is 35.5. The fourth-order valence-corrected chi connectivity index (χ4v) is 1.05. The molecule has 2 nitrogen and oxygen atoms in total. The highest BCUT2D eigenvalue weighted by molar-refractivity contribution is 6.30. The zero-order valence-corrected chi connectivity index (χ0v) is 8.64. The van der Waals surface area contributed by atoms with Crippen LogP contribution in [0.2, 0.25) is 5.02 Å². The molecule has 0 aromatic heterocycles. The molecule has 0 saturated carbocycles. The molecule has 0 aliphatic rings. The zero-order valence-electron chi connectivity index (χ0n) is 7.88. The van der Waals surface area contributed by atoms with Gasteiger partial charge >= 0.3 is 0 Å². The molecule has 0 saturated heterocycles. The van der Waals surface area contributed by atoms with Gasteiger partial charge in [-0.05, 0) is 18.1 Å². The molecule has 0 heterocycles. The first-order chi connectivity index (χ1) is 6.09. The lowest BCUT2D eigenvalue weighted by Gasteiger charge is -2.10. The van der Waals surface area contributed by atoms with Gasteiger partial charge in [0.15, 0.2) is 0 Å². The van der Waals surface area contributed by atoms with Gasteiger partial charge < -0.3 is 10.5 Å². The quantitative estimate of drug-likeness (QED) is 0.760. The molecule has 2 N–H and O–H groups in total. The summed E-state index contributed by atoms with van der Waals surface area (Å²) in [4.78, 5) is 0. The SMILES string of the molecule is CC(C)COc1cc(Cl)ccc1N. The molecule has 13 heavy (non-hydrogen) atoms. The van der Waals surface area contributed by atoms with E-state index in [0.29, 0.717) is 29.0 Å². The number of anilines is 1. The van der Waals surface area contributed by atoms with Crippen LogP contribution in [0.5, 0.6) is 5.75 Å². The van der Waals surface area contributed by atoms with Gasteiger partial charge in [0, 0.05) is 11.1 Å². The third-order valence-electron chi connectivity index (χ3n) is 1.55. The standard InChI is InChI=1S/C10H14ClNO/c1-7(2)6-13-10-5-8(11)3-4-9(10)12/h3-5,7H,6,12H2,1-2H3. The van der Waals surface area contributed by atoms with Crippen molar-refractivity contribution in [1.29, 1.82) is 0 Å².